The van der Waals surface area contributed by atoms with E-state index in [2.05, 4.69) is 15.2 Å². The molecule has 2 aliphatic rings. The lowest BCUT2D eigenvalue weighted by Gasteiger charge is -2.34. The first-order valence-corrected chi connectivity index (χ1v) is 13.2. The van der Waals surface area contributed by atoms with Gasteiger partial charge in [0, 0.05) is 29.1 Å². The molecular formula is C30H34FN3O2. The summed E-state index contributed by atoms with van der Waals surface area (Å²) in [5.74, 6) is 0.576. The van der Waals surface area contributed by atoms with Crippen molar-refractivity contribution in [2.75, 3.05) is 19.6 Å². The minimum atomic E-state index is -0.305. The SMILES string of the molecule is O=C(NC1CCC(CCN2CCC(C(=O)c3ccc(F)cc3)CC2)CC1)c1ccnc2ccccc12. The maximum absolute atomic E-state index is 13.1. The van der Waals surface area contributed by atoms with E-state index in [9.17, 15) is 14.0 Å². The number of rotatable bonds is 7. The zero-order chi connectivity index (χ0) is 24.9. The van der Waals surface area contributed by atoms with Crippen LogP contribution in [0.2, 0.25) is 0 Å². The average Bonchev–Trinajstić information content (AvgIpc) is 2.92. The highest BCUT2D eigenvalue weighted by Gasteiger charge is 2.27. The molecule has 1 aliphatic carbocycles. The van der Waals surface area contributed by atoms with E-state index in [4.69, 9.17) is 0 Å². The molecule has 1 amide bonds. The molecule has 0 radical (unpaired) electrons. The molecule has 1 saturated heterocycles. The van der Waals surface area contributed by atoms with Gasteiger partial charge in [0.25, 0.3) is 5.91 Å². The molecule has 1 aliphatic heterocycles. The fourth-order valence-electron chi connectivity index (χ4n) is 5.79. The van der Waals surface area contributed by atoms with Gasteiger partial charge in [-0.05, 0) is 107 Å². The number of benzene rings is 2. The first-order chi connectivity index (χ1) is 17.6. The van der Waals surface area contributed by atoms with Crippen LogP contribution in [0.1, 0.15) is 65.7 Å². The Kier molecular flexibility index (Phi) is 7.71. The molecule has 0 atom stereocenters. The van der Waals surface area contributed by atoms with Crippen LogP contribution in [0.3, 0.4) is 0 Å². The Bertz CT molecular complexity index is 1190. The molecule has 1 aromatic heterocycles. The standard InChI is InChI=1S/C30H34FN3O2/c31-24-9-7-22(8-10-24)29(35)23-15-19-34(20-16-23)18-14-21-5-11-25(12-6-21)33-30(36)27-13-17-32-28-4-2-1-3-26(27)28/h1-4,7-10,13,17,21,23,25H,5-6,11-12,14-16,18-20H2,(H,33,36). The second kappa shape index (κ2) is 11.3. The number of fused-ring (bicyclic) bond motifs is 1. The third kappa shape index (κ3) is 5.81. The van der Waals surface area contributed by atoms with Crippen LogP contribution in [0.25, 0.3) is 10.9 Å². The molecule has 5 nitrogen and oxygen atoms in total. The summed E-state index contributed by atoms with van der Waals surface area (Å²) in [4.78, 5) is 32.5. The minimum absolute atomic E-state index is 0.00453. The van der Waals surface area contributed by atoms with Gasteiger partial charge in [-0.1, -0.05) is 18.2 Å². The van der Waals surface area contributed by atoms with E-state index < -0.39 is 0 Å². The molecule has 3 aromatic rings. The number of halogens is 1. The fourth-order valence-corrected chi connectivity index (χ4v) is 5.79. The number of carbonyl (C=O) groups is 2. The zero-order valence-electron chi connectivity index (χ0n) is 20.7. The van der Waals surface area contributed by atoms with Crippen LogP contribution in [0.15, 0.2) is 60.8 Å². The molecule has 1 N–H and O–H groups in total. The molecule has 1 saturated carbocycles. The Morgan fingerprint density at radius 2 is 1.64 bits per heavy atom. The summed E-state index contributed by atoms with van der Waals surface area (Å²) in [6, 6.07) is 15.7. The number of amides is 1. The Morgan fingerprint density at radius 1 is 0.917 bits per heavy atom. The van der Waals surface area contributed by atoms with Gasteiger partial charge in [0.1, 0.15) is 5.82 Å². The van der Waals surface area contributed by atoms with Gasteiger partial charge in [0.2, 0.25) is 0 Å². The quantitative estimate of drug-likeness (QED) is 0.438. The Morgan fingerprint density at radius 3 is 2.39 bits per heavy atom. The van der Waals surface area contributed by atoms with Crippen LogP contribution in [0, 0.1) is 17.7 Å². The lowest BCUT2D eigenvalue weighted by Crippen LogP contribution is -2.39. The van der Waals surface area contributed by atoms with Gasteiger partial charge in [0.05, 0.1) is 11.1 Å². The van der Waals surface area contributed by atoms with Crippen LogP contribution < -0.4 is 5.32 Å². The van der Waals surface area contributed by atoms with Crippen LogP contribution in [-0.2, 0) is 0 Å². The lowest BCUT2D eigenvalue weighted by molar-refractivity contribution is 0.0832. The van der Waals surface area contributed by atoms with Crippen LogP contribution in [-0.4, -0.2) is 47.3 Å². The topological polar surface area (TPSA) is 62.3 Å². The molecular weight excluding hydrogens is 453 g/mol. The van der Waals surface area contributed by atoms with E-state index in [1.807, 2.05) is 24.3 Å². The number of ketones is 1. The third-order valence-corrected chi connectivity index (χ3v) is 8.02. The van der Waals surface area contributed by atoms with Crippen molar-refractivity contribution in [2.24, 2.45) is 11.8 Å². The van der Waals surface area contributed by atoms with Crippen molar-refractivity contribution >= 4 is 22.6 Å². The van der Waals surface area contributed by atoms with E-state index in [1.54, 1.807) is 24.4 Å². The number of pyridine rings is 1. The third-order valence-electron chi connectivity index (χ3n) is 8.02. The highest BCUT2D eigenvalue weighted by atomic mass is 19.1. The molecule has 0 bridgehead atoms. The van der Waals surface area contributed by atoms with Crippen LogP contribution in [0.5, 0.6) is 0 Å². The van der Waals surface area contributed by atoms with Gasteiger partial charge >= 0.3 is 0 Å². The molecule has 2 heterocycles. The highest BCUT2D eigenvalue weighted by Crippen LogP contribution is 2.29. The summed E-state index contributed by atoms with van der Waals surface area (Å²) in [6.07, 6.45) is 8.95. The smallest absolute Gasteiger partial charge is 0.252 e. The van der Waals surface area contributed by atoms with Gasteiger partial charge in [-0.15, -0.1) is 0 Å². The van der Waals surface area contributed by atoms with E-state index >= 15 is 0 Å². The molecule has 36 heavy (non-hydrogen) atoms. The predicted octanol–water partition coefficient (Wildman–Crippen LogP) is 5.65. The van der Waals surface area contributed by atoms with Crippen molar-refractivity contribution in [3.05, 3.63) is 77.7 Å². The maximum atomic E-state index is 13.1. The lowest BCUT2D eigenvalue weighted by atomic mass is 9.83. The van der Waals surface area contributed by atoms with E-state index in [-0.39, 0.29) is 29.5 Å². The number of hydrogen-bond acceptors (Lipinski definition) is 4. The summed E-state index contributed by atoms with van der Waals surface area (Å²) in [6.45, 7) is 2.97. The molecule has 188 valence electrons. The van der Waals surface area contributed by atoms with Crippen molar-refractivity contribution in [1.82, 2.24) is 15.2 Å². The number of para-hydroxylation sites is 1. The van der Waals surface area contributed by atoms with Gasteiger partial charge in [0.15, 0.2) is 5.78 Å². The fraction of sp³-hybridized carbons (Fsp3) is 0.433. The molecule has 6 heteroatoms. The summed E-state index contributed by atoms with van der Waals surface area (Å²) in [7, 11) is 0. The molecule has 2 fully saturated rings. The molecule has 0 unspecified atom stereocenters. The van der Waals surface area contributed by atoms with E-state index in [0.717, 1.165) is 69.1 Å². The highest BCUT2D eigenvalue weighted by molar-refractivity contribution is 6.06. The number of carbonyl (C=O) groups excluding carboxylic acids is 2. The summed E-state index contributed by atoms with van der Waals surface area (Å²) < 4.78 is 13.1. The molecule has 2 aromatic carbocycles. The molecule has 5 rings (SSSR count). The Hall–Kier alpha value is -3.12. The van der Waals surface area contributed by atoms with Gasteiger partial charge in [-0.2, -0.15) is 0 Å². The van der Waals surface area contributed by atoms with Gasteiger partial charge in [-0.3, -0.25) is 14.6 Å². The number of likely N-dealkylation sites (tertiary alicyclic amines) is 1. The summed E-state index contributed by atoms with van der Waals surface area (Å²) >= 11 is 0. The van der Waals surface area contributed by atoms with Crippen molar-refractivity contribution in [3.63, 3.8) is 0 Å². The van der Waals surface area contributed by atoms with Crippen molar-refractivity contribution in [3.8, 4) is 0 Å². The largest absolute Gasteiger partial charge is 0.349 e. The van der Waals surface area contributed by atoms with Crippen molar-refractivity contribution in [1.29, 1.82) is 0 Å². The number of nitrogens with zero attached hydrogens (tertiary/aromatic N) is 2. The van der Waals surface area contributed by atoms with Gasteiger partial charge in [-0.25, -0.2) is 4.39 Å². The molecule has 0 spiro atoms. The number of nitrogens with one attached hydrogen (secondary N) is 1. The minimum Gasteiger partial charge on any atom is -0.349 e. The first kappa shape index (κ1) is 24.6. The Balaban J connectivity index is 1.03. The van der Waals surface area contributed by atoms with Crippen LogP contribution >= 0.6 is 0 Å². The first-order valence-electron chi connectivity index (χ1n) is 13.2. The second-order valence-electron chi connectivity index (χ2n) is 10.3. The number of aromatic nitrogens is 1. The normalized spacial score (nSPS) is 21.4. The van der Waals surface area contributed by atoms with E-state index in [1.165, 1.54) is 18.6 Å². The predicted molar refractivity (Wildman–Crippen MR) is 139 cm³/mol. The van der Waals surface area contributed by atoms with Crippen LogP contribution in [0.4, 0.5) is 4.39 Å². The second-order valence-corrected chi connectivity index (χ2v) is 10.3. The summed E-state index contributed by atoms with van der Waals surface area (Å²) in [5, 5.41) is 4.15. The average molecular weight is 488 g/mol. The zero-order valence-corrected chi connectivity index (χ0v) is 20.7. The van der Waals surface area contributed by atoms with Gasteiger partial charge < -0.3 is 10.2 Å². The maximum Gasteiger partial charge on any atom is 0.252 e. The van der Waals surface area contributed by atoms with Crippen molar-refractivity contribution < 1.29 is 14.0 Å². The number of hydrogen-bond donors (Lipinski definition) is 1. The van der Waals surface area contributed by atoms with Crippen molar-refractivity contribution in [2.45, 2.75) is 51.0 Å². The van der Waals surface area contributed by atoms with E-state index in [0.29, 0.717) is 17.0 Å². The monoisotopic (exact) mass is 487 g/mol. The summed E-state index contributed by atoms with van der Waals surface area (Å²) in [5.41, 5.74) is 2.16. The number of Topliss-reactive ketones (excluding diaryl/α,β-unsaturated/α-hetero) is 1. The number of piperidine rings is 1. The Labute approximate surface area is 212 Å².